The van der Waals surface area contributed by atoms with Crippen LogP contribution >= 0.6 is 34.8 Å². The number of rotatable bonds is 9. The average molecular weight is 457 g/mol. The molecule has 0 saturated carbocycles. The lowest BCUT2D eigenvalue weighted by Crippen LogP contribution is -2.09. The number of hydrogen-bond donors (Lipinski definition) is 1. The Morgan fingerprint density at radius 1 is 1.10 bits per heavy atom. The highest BCUT2D eigenvalue weighted by Crippen LogP contribution is 2.37. The van der Waals surface area contributed by atoms with Gasteiger partial charge in [0.2, 0.25) is 5.95 Å². The fraction of sp³-hybridized carbons (Fsp3) is 0.316. The number of methoxy groups -OCH3 is 1. The van der Waals surface area contributed by atoms with E-state index in [1.54, 1.807) is 23.9 Å². The molecule has 10 heteroatoms. The summed E-state index contributed by atoms with van der Waals surface area (Å²) >= 11 is 18.6. The molecule has 2 aromatic carbocycles. The first-order chi connectivity index (χ1) is 14.0. The van der Waals surface area contributed by atoms with E-state index in [1.807, 2.05) is 18.2 Å². The summed E-state index contributed by atoms with van der Waals surface area (Å²) < 4.78 is 13.1. The minimum Gasteiger partial charge on any atom is -0.493 e. The first-order valence-electron chi connectivity index (χ1n) is 8.95. The van der Waals surface area contributed by atoms with Crippen molar-refractivity contribution in [1.82, 2.24) is 20.2 Å². The van der Waals surface area contributed by atoms with Crippen molar-refractivity contribution in [3.8, 4) is 11.5 Å². The molecule has 0 spiro atoms. The number of tetrazole rings is 1. The summed E-state index contributed by atoms with van der Waals surface area (Å²) in [5, 5.41) is 16.4. The average Bonchev–Trinajstić information content (AvgIpc) is 3.13. The number of benzene rings is 2. The lowest BCUT2D eigenvalue weighted by molar-refractivity contribution is 0.284. The standard InChI is InChI=1S/C19H20Cl3N5O2/c1-3-6-27-19(24-25-26-27)23-10-12-7-16(22)18(17(8-12)28-2)29-11-13-4-5-14(20)9-15(13)21/h4-5,7-9H,3,6,10-11H2,1-2H3,(H,23,24,26). The van der Waals surface area contributed by atoms with Crippen molar-refractivity contribution in [2.75, 3.05) is 12.4 Å². The monoisotopic (exact) mass is 455 g/mol. The molecule has 0 fully saturated rings. The van der Waals surface area contributed by atoms with Crippen LogP contribution in [0.1, 0.15) is 24.5 Å². The Hall–Kier alpha value is -2.22. The highest BCUT2D eigenvalue weighted by atomic mass is 35.5. The number of nitrogens with zero attached hydrogens (tertiary/aromatic N) is 4. The Labute approximate surface area is 183 Å². The first kappa shape index (κ1) is 21.5. The van der Waals surface area contributed by atoms with Crippen LogP contribution in [0.3, 0.4) is 0 Å². The predicted molar refractivity (Wildman–Crippen MR) is 114 cm³/mol. The van der Waals surface area contributed by atoms with Gasteiger partial charge in [-0.3, -0.25) is 0 Å². The minimum atomic E-state index is 0.232. The van der Waals surface area contributed by atoms with Gasteiger partial charge < -0.3 is 14.8 Å². The second-order valence-electron chi connectivity index (χ2n) is 6.21. The topological polar surface area (TPSA) is 74.1 Å². The van der Waals surface area contributed by atoms with Crippen LogP contribution in [0.2, 0.25) is 15.1 Å². The van der Waals surface area contributed by atoms with Crippen molar-refractivity contribution >= 4 is 40.8 Å². The fourth-order valence-corrected chi connectivity index (χ4v) is 3.43. The van der Waals surface area contributed by atoms with E-state index in [2.05, 4.69) is 27.8 Å². The van der Waals surface area contributed by atoms with Gasteiger partial charge in [-0.25, -0.2) is 4.68 Å². The van der Waals surface area contributed by atoms with Gasteiger partial charge in [-0.05, 0) is 46.7 Å². The van der Waals surface area contributed by atoms with Crippen molar-refractivity contribution in [3.05, 3.63) is 56.5 Å². The van der Waals surface area contributed by atoms with Gasteiger partial charge in [0.1, 0.15) is 6.61 Å². The maximum absolute atomic E-state index is 6.45. The molecule has 0 bridgehead atoms. The van der Waals surface area contributed by atoms with Crippen molar-refractivity contribution in [1.29, 1.82) is 0 Å². The molecule has 7 nitrogen and oxygen atoms in total. The maximum Gasteiger partial charge on any atom is 0.243 e. The maximum atomic E-state index is 6.45. The number of anilines is 1. The van der Waals surface area contributed by atoms with Crippen LogP contribution in [0.25, 0.3) is 0 Å². The number of nitrogens with one attached hydrogen (secondary N) is 1. The minimum absolute atomic E-state index is 0.232. The van der Waals surface area contributed by atoms with E-state index >= 15 is 0 Å². The molecule has 0 saturated heterocycles. The van der Waals surface area contributed by atoms with Crippen LogP contribution in [0.5, 0.6) is 11.5 Å². The largest absolute Gasteiger partial charge is 0.493 e. The molecule has 0 unspecified atom stereocenters. The summed E-state index contributed by atoms with van der Waals surface area (Å²) in [6, 6.07) is 8.90. The normalized spacial score (nSPS) is 10.8. The molecular formula is C19H20Cl3N5O2. The molecule has 0 atom stereocenters. The molecule has 0 aliphatic rings. The zero-order chi connectivity index (χ0) is 20.8. The van der Waals surface area contributed by atoms with Gasteiger partial charge in [0.05, 0.1) is 12.1 Å². The number of ether oxygens (including phenoxy) is 2. The molecule has 0 amide bonds. The van der Waals surface area contributed by atoms with Crippen molar-refractivity contribution < 1.29 is 9.47 Å². The lowest BCUT2D eigenvalue weighted by atomic mass is 10.2. The van der Waals surface area contributed by atoms with Gasteiger partial charge in [0.15, 0.2) is 11.5 Å². The van der Waals surface area contributed by atoms with E-state index in [1.165, 1.54) is 0 Å². The van der Waals surface area contributed by atoms with Crippen LogP contribution in [-0.2, 0) is 19.7 Å². The Balaban J connectivity index is 1.72. The van der Waals surface area contributed by atoms with Gasteiger partial charge >= 0.3 is 0 Å². The first-order valence-corrected chi connectivity index (χ1v) is 10.1. The van der Waals surface area contributed by atoms with Gasteiger partial charge in [-0.15, -0.1) is 0 Å². The third-order valence-corrected chi connectivity index (χ3v) is 4.96. The molecular weight excluding hydrogens is 437 g/mol. The zero-order valence-corrected chi connectivity index (χ0v) is 18.2. The third kappa shape index (κ3) is 5.44. The Morgan fingerprint density at radius 3 is 2.66 bits per heavy atom. The molecule has 0 aliphatic carbocycles. The van der Waals surface area contributed by atoms with Gasteiger partial charge in [-0.2, -0.15) is 0 Å². The predicted octanol–water partition coefficient (Wildman–Crippen LogP) is 5.24. The second-order valence-corrected chi connectivity index (χ2v) is 7.46. The summed E-state index contributed by atoms with van der Waals surface area (Å²) in [5.74, 6) is 1.56. The van der Waals surface area contributed by atoms with E-state index in [9.17, 15) is 0 Å². The fourth-order valence-electron chi connectivity index (χ4n) is 2.68. The summed E-state index contributed by atoms with van der Waals surface area (Å²) in [6.45, 7) is 3.50. The van der Waals surface area contributed by atoms with Gasteiger partial charge in [0, 0.05) is 28.7 Å². The smallest absolute Gasteiger partial charge is 0.243 e. The van der Waals surface area contributed by atoms with Crippen molar-refractivity contribution in [3.63, 3.8) is 0 Å². The molecule has 3 rings (SSSR count). The highest BCUT2D eigenvalue weighted by Gasteiger charge is 2.14. The van der Waals surface area contributed by atoms with E-state index in [0.717, 1.165) is 24.1 Å². The zero-order valence-electron chi connectivity index (χ0n) is 16.0. The molecule has 0 aliphatic heterocycles. The summed E-state index contributed by atoms with van der Waals surface area (Å²) in [6.07, 6.45) is 0.934. The Kier molecular flexibility index (Phi) is 7.41. The van der Waals surface area contributed by atoms with E-state index < -0.39 is 0 Å². The molecule has 1 heterocycles. The third-order valence-electron chi connectivity index (χ3n) is 4.09. The van der Waals surface area contributed by atoms with Crippen LogP contribution in [0, 0.1) is 0 Å². The molecule has 1 N–H and O–H groups in total. The lowest BCUT2D eigenvalue weighted by Gasteiger charge is -2.15. The summed E-state index contributed by atoms with van der Waals surface area (Å²) in [5.41, 5.74) is 1.69. The molecule has 154 valence electrons. The Bertz CT molecular complexity index is 980. The van der Waals surface area contributed by atoms with Crippen molar-refractivity contribution in [2.45, 2.75) is 33.0 Å². The molecule has 0 radical (unpaired) electrons. The molecule has 1 aromatic heterocycles. The second kappa shape index (κ2) is 10.0. The summed E-state index contributed by atoms with van der Waals surface area (Å²) in [7, 11) is 1.56. The number of aromatic nitrogens is 4. The Morgan fingerprint density at radius 2 is 1.93 bits per heavy atom. The quantitative estimate of drug-likeness (QED) is 0.474. The SMILES string of the molecule is CCCn1nnnc1NCc1cc(Cl)c(OCc2ccc(Cl)cc2Cl)c(OC)c1. The van der Waals surface area contributed by atoms with Crippen LogP contribution < -0.4 is 14.8 Å². The molecule has 29 heavy (non-hydrogen) atoms. The van der Waals surface area contributed by atoms with Crippen LogP contribution in [0.15, 0.2) is 30.3 Å². The van der Waals surface area contributed by atoms with E-state index in [4.69, 9.17) is 44.3 Å². The van der Waals surface area contributed by atoms with Crippen LogP contribution in [0.4, 0.5) is 5.95 Å². The number of aryl methyl sites for hydroxylation is 1. The van der Waals surface area contributed by atoms with Crippen molar-refractivity contribution in [2.24, 2.45) is 0 Å². The summed E-state index contributed by atoms with van der Waals surface area (Å²) in [4.78, 5) is 0. The van der Waals surface area contributed by atoms with E-state index in [-0.39, 0.29) is 6.61 Å². The highest BCUT2D eigenvalue weighted by molar-refractivity contribution is 6.35. The van der Waals surface area contributed by atoms with Crippen LogP contribution in [-0.4, -0.2) is 27.3 Å². The van der Waals surface area contributed by atoms with E-state index in [0.29, 0.717) is 39.1 Å². The van der Waals surface area contributed by atoms with Gasteiger partial charge in [-0.1, -0.05) is 52.9 Å². The van der Waals surface area contributed by atoms with Gasteiger partial charge in [0.25, 0.3) is 0 Å². The molecule has 3 aromatic rings. The number of hydrogen-bond acceptors (Lipinski definition) is 6. The number of halogens is 3.